The third-order valence-electron chi connectivity index (χ3n) is 2.08. The topological polar surface area (TPSA) is 109 Å². The first-order chi connectivity index (χ1) is 7.69. The molecule has 0 radical (unpaired) electrons. The molecule has 3 N–H and O–H groups in total. The van der Waals surface area contributed by atoms with E-state index in [1.165, 1.54) is 11.3 Å². The van der Waals surface area contributed by atoms with Gasteiger partial charge in [0.1, 0.15) is 6.10 Å². The van der Waals surface area contributed by atoms with Gasteiger partial charge in [0.05, 0.1) is 12.7 Å². The first-order valence-electron chi connectivity index (χ1n) is 4.75. The van der Waals surface area contributed by atoms with Crippen LogP contribution >= 0.6 is 11.3 Å². The quantitative estimate of drug-likeness (QED) is 0.398. The molecule has 0 aliphatic heterocycles. The zero-order valence-corrected chi connectivity index (χ0v) is 9.34. The standard InChI is InChI=1S/C9H13N3O3S/c10-12-11-4-3-7(14)9(15)8-2-1-6(5-13)16-8/h1-2,7,9,13-15H,3-5H2. The van der Waals surface area contributed by atoms with Gasteiger partial charge in [0, 0.05) is 21.2 Å². The van der Waals surface area contributed by atoms with Gasteiger partial charge in [-0.15, -0.1) is 11.3 Å². The highest BCUT2D eigenvalue weighted by atomic mass is 32.1. The molecule has 1 aromatic rings. The second-order valence-corrected chi connectivity index (χ2v) is 4.42. The van der Waals surface area contributed by atoms with E-state index in [4.69, 9.17) is 10.6 Å². The number of hydrogen-bond acceptors (Lipinski definition) is 5. The van der Waals surface area contributed by atoms with Crippen molar-refractivity contribution in [3.63, 3.8) is 0 Å². The summed E-state index contributed by atoms with van der Waals surface area (Å²) in [5.74, 6) is 0. The minimum Gasteiger partial charge on any atom is -0.391 e. The monoisotopic (exact) mass is 243 g/mol. The predicted octanol–water partition coefficient (Wildman–Crippen LogP) is 1.34. The summed E-state index contributed by atoms with van der Waals surface area (Å²) in [7, 11) is 0. The van der Waals surface area contributed by atoms with Gasteiger partial charge in [0.2, 0.25) is 0 Å². The average Bonchev–Trinajstić information content (AvgIpc) is 2.76. The van der Waals surface area contributed by atoms with Crippen LogP contribution in [-0.4, -0.2) is 28.0 Å². The van der Waals surface area contributed by atoms with Gasteiger partial charge >= 0.3 is 0 Å². The molecule has 0 saturated heterocycles. The molecule has 6 nitrogen and oxygen atoms in total. The molecule has 88 valence electrons. The first-order valence-corrected chi connectivity index (χ1v) is 5.57. The van der Waals surface area contributed by atoms with Gasteiger partial charge < -0.3 is 15.3 Å². The Morgan fingerprint density at radius 3 is 2.75 bits per heavy atom. The van der Waals surface area contributed by atoms with E-state index in [0.717, 1.165) is 4.88 Å². The summed E-state index contributed by atoms with van der Waals surface area (Å²) < 4.78 is 0. The van der Waals surface area contributed by atoms with Crippen molar-refractivity contribution in [1.29, 1.82) is 0 Å². The van der Waals surface area contributed by atoms with E-state index in [2.05, 4.69) is 10.0 Å². The lowest BCUT2D eigenvalue weighted by atomic mass is 10.1. The molecule has 0 bridgehead atoms. The van der Waals surface area contributed by atoms with Crippen LogP contribution in [0.2, 0.25) is 0 Å². The van der Waals surface area contributed by atoms with Crippen LogP contribution in [0.25, 0.3) is 10.4 Å². The highest BCUT2D eigenvalue weighted by Gasteiger charge is 2.19. The number of aliphatic hydroxyl groups excluding tert-OH is 3. The van der Waals surface area contributed by atoms with Crippen molar-refractivity contribution < 1.29 is 15.3 Å². The largest absolute Gasteiger partial charge is 0.391 e. The van der Waals surface area contributed by atoms with Gasteiger partial charge in [-0.3, -0.25) is 0 Å². The summed E-state index contributed by atoms with van der Waals surface area (Å²) in [5.41, 5.74) is 8.06. The molecule has 1 aromatic heterocycles. The van der Waals surface area contributed by atoms with Crippen molar-refractivity contribution in [2.45, 2.75) is 25.2 Å². The summed E-state index contributed by atoms with van der Waals surface area (Å²) >= 11 is 1.25. The average molecular weight is 243 g/mol. The Kier molecular flexibility index (Phi) is 5.24. The Bertz CT molecular complexity index is 376. The second-order valence-electron chi connectivity index (χ2n) is 3.22. The van der Waals surface area contributed by atoms with Crippen LogP contribution in [0.4, 0.5) is 0 Å². The first kappa shape index (κ1) is 13.0. The molecule has 0 aliphatic carbocycles. The number of rotatable bonds is 6. The number of azide groups is 1. The molecule has 7 heteroatoms. The molecule has 2 atom stereocenters. The van der Waals surface area contributed by atoms with E-state index in [-0.39, 0.29) is 19.6 Å². The molecule has 0 saturated carbocycles. The molecule has 16 heavy (non-hydrogen) atoms. The van der Waals surface area contributed by atoms with E-state index in [9.17, 15) is 10.2 Å². The summed E-state index contributed by atoms with van der Waals surface area (Å²) in [6.07, 6.45) is -1.76. The van der Waals surface area contributed by atoms with E-state index in [0.29, 0.717) is 4.88 Å². The van der Waals surface area contributed by atoms with Crippen LogP contribution in [0.1, 0.15) is 22.3 Å². The predicted molar refractivity (Wildman–Crippen MR) is 59.8 cm³/mol. The molecule has 0 fully saturated rings. The summed E-state index contributed by atoms with van der Waals surface area (Å²) in [6.45, 7) is 0.0686. The second kappa shape index (κ2) is 6.47. The van der Waals surface area contributed by atoms with Gasteiger partial charge in [-0.25, -0.2) is 0 Å². The number of nitrogens with zero attached hydrogens (tertiary/aromatic N) is 3. The minimum absolute atomic E-state index is 0.0772. The minimum atomic E-state index is -1.00. The highest BCUT2D eigenvalue weighted by molar-refractivity contribution is 7.12. The highest BCUT2D eigenvalue weighted by Crippen LogP contribution is 2.26. The molecule has 0 spiro atoms. The van der Waals surface area contributed by atoms with Crippen LogP contribution in [0.5, 0.6) is 0 Å². The summed E-state index contributed by atoms with van der Waals surface area (Å²) in [4.78, 5) is 3.89. The molecular formula is C9H13N3O3S. The lowest BCUT2D eigenvalue weighted by molar-refractivity contribution is 0.0172. The fourth-order valence-corrected chi connectivity index (χ4v) is 2.14. The lowest BCUT2D eigenvalue weighted by Crippen LogP contribution is -2.18. The Hall–Kier alpha value is -1.11. The van der Waals surface area contributed by atoms with Crippen molar-refractivity contribution in [2.24, 2.45) is 5.11 Å². The molecular weight excluding hydrogens is 230 g/mol. The van der Waals surface area contributed by atoms with Gasteiger partial charge in [-0.05, 0) is 24.1 Å². The fraction of sp³-hybridized carbons (Fsp3) is 0.556. The molecule has 0 aliphatic rings. The van der Waals surface area contributed by atoms with Gasteiger partial charge in [0.25, 0.3) is 0 Å². The number of aliphatic hydroxyl groups is 3. The maximum atomic E-state index is 9.74. The molecule has 1 rings (SSSR count). The number of thiophene rings is 1. The van der Waals surface area contributed by atoms with E-state index < -0.39 is 12.2 Å². The maximum Gasteiger partial charge on any atom is 0.114 e. The van der Waals surface area contributed by atoms with Crippen LogP contribution in [0.15, 0.2) is 17.2 Å². The zero-order valence-electron chi connectivity index (χ0n) is 8.52. The Morgan fingerprint density at radius 2 is 2.19 bits per heavy atom. The van der Waals surface area contributed by atoms with Crippen molar-refractivity contribution in [2.75, 3.05) is 6.54 Å². The zero-order chi connectivity index (χ0) is 12.0. The van der Waals surface area contributed by atoms with Crippen LogP contribution in [0.3, 0.4) is 0 Å². The normalized spacial score (nSPS) is 14.2. The summed E-state index contributed by atoms with van der Waals surface area (Å²) in [6, 6.07) is 3.36. The molecule has 0 amide bonds. The van der Waals surface area contributed by atoms with Gasteiger partial charge in [0.15, 0.2) is 0 Å². The third-order valence-corrected chi connectivity index (χ3v) is 3.22. The van der Waals surface area contributed by atoms with Crippen molar-refractivity contribution >= 4 is 11.3 Å². The van der Waals surface area contributed by atoms with E-state index in [1.807, 2.05) is 0 Å². The van der Waals surface area contributed by atoms with E-state index >= 15 is 0 Å². The third kappa shape index (κ3) is 3.48. The Balaban J connectivity index is 2.55. The van der Waals surface area contributed by atoms with Gasteiger partial charge in [-0.1, -0.05) is 5.11 Å². The van der Waals surface area contributed by atoms with Crippen molar-refractivity contribution in [1.82, 2.24) is 0 Å². The van der Waals surface area contributed by atoms with Crippen LogP contribution in [-0.2, 0) is 6.61 Å². The summed E-state index contributed by atoms with van der Waals surface area (Å²) in [5, 5.41) is 31.5. The van der Waals surface area contributed by atoms with Crippen LogP contribution < -0.4 is 0 Å². The Morgan fingerprint density at radius 1 is 1.44 bits per heavy atom. The number of hydrogen-bond donors (Lipinski definition) is 3. The SMILES string of the molecule is [N-]=[N+]=NCCC(O)C(O)c1ccc(CO)s1. The maximum absolute atomic E-state index is 9.74. The van der Waals surface area contributed by atoms with Crippen LogP contribution in [0, 0.1) is 0 Å². The van der Waals surface area contributed by atoms with Gasteiger partial charge in [-0.2, -0.15) is 0 Å². The lowest BCUT2D eigenvalue weighted by Gasteiger charge is -2.15. The molecule has 1 heterocycles. The van der Waals surface area contributed by atoms with Crippen molar-refractivity contribution in [3.8, 4) is 0 Å². The Labute approximate surface area is 96.4 Å². The van der Waals surface area contributed by atoms with E-state index in [1.54, 1.807) is 12.1 Å². The van der Waals surface area contributed by atoms with Crippen molar-refractivity contribution in [3.05, 3.63) is 32.3 Å². The molecule has 0 aromatic carbocycles. The molecule has 2 unspecified atom stereocenters. The smallest absolute Gasteiger partial charge is 0.114 e. The fourth-order valence-electron chi connectivity index (χ4n) is 1.22.